The Labute approximate surface area is 227 Å². The van der Waals surface area contributed by atoms with Crippen LogP contribution in [0.2, 0.25) is 0 Å². The number of aromatic nitrogens is 2. The molecule has 0 bridgehead atoms. The van der Waals surface area contributed by atoms with Gasteiger partial charge in [0.15, 0.2) is 11.3 Å². The summed E-state index contributed by atoms with van der Waals surface area (Å²) in [7, 11) is 0. The van der Waals surface area contributed by atoms with Gasteiger partial charge in [-0.2, -0.15) is 0 Å². The highest BCUT2D eigenvalue weighted by Crippen LogP contribution is 2.47. The Balaban J connectivity index is 1.19. The van der Waals surface area contributed by atoms with E-state index in [1.807, 2.05) is 49.4 Å². The monoisotopic (exact) mass is 538 g/mol. The largest absolute Gasteiger partial charge is 0.504 e. The average molecular weight is 539 g/mol. The van der Waals surface area contributed by atoms with Crippen LogP contribution >= 0.6 is 11.6 Å². The van der Waals surface area contributed by atoms with Crippen LogP contribution in [-0.4, -0.2) is 39.3 Å². The van der Waals surface area contributed by atoms with Crippen molar-refractivity contribution in [3.63, 3.8) is 0 Å². The van der Waals surface area contributed by atoms with Crippen molar-refractivity contribution in [3.8, 4) is 5.75 Å². The molecule has 9 heteroatoms. The van der Waals surface area contributed by atoms with Gasteiger partial charge in [-0.15, -0.1) is 11.6 Å². The number of fused-ring (bicyclic) bond motifs is 5. The number of hydrogen-bond donors (Lipinski definition) is 4. The van der Waals surface area contributed by atoms with Crippen molar-refractivity contribution >= 4 is 67.6 Å². The molecular formula is C30H23ClN4O4. The lowest BCUT2D eigenvalue weighted by atomic mass is 9.97. The Bertz CT molecular complexity index is 1920. The molecule has 2 amide bonds. The lowest BCUT2D eigenvalue weighted by Crippen LogP contribution is -2.30. The maximum atomic E-state index is 13.7. The Morgan fingerprint density at radius 1 is 1.05 bits per heavy atom. The summed E-state index contributed by atoms with van der Waals surface area (Å²) in [5, 5.41) is 16.1. The van der Waals surface area contributed by atoms with E-state index >= 15 is 0 Å². The van der Waals surface area contributed by atoms with Crippen LogP contribution in [-0.2, 0) is 0 Å². The summed E-state index contributed by atoms with van der Waals surface area (Å²) in [4.78, 5) is 34.6. The fraction of sp³-hybridized carbons (Fsp3) is 0.133. The molecule has 6 aromatic rings. The van der Waals surface area contributed by atoms with Crippen LogP contribution in [0.3, 0.4) is 0 Å². The lowest BCUT2D eigenvalue weighted by Gasteiger charge is -2.17. The van der Waals surface area contributed by atoms with E-state index < -0.39 is 0 Å². The van der Waals surface area contributed by atoms with E-state index in [9.17, 15) is 14.7 Å². The molecular weight excluding hydrogens is 516 g/mol. The highest BCUT2D eigenvalue weighted by molar-refractivity contribution is 6.19. The zero-order valence-electron chi connectivity index (χ0n) is 20.8. The number of furan rings is 1. The van der Waals surface area contributed by atoms with Gasteiger partial charge in [0, 0.05) is 57.3 Å². The summed E-state index contributed by atoms with van der Waals surface area (Å²) in [5.74, 6) is -0.270. The predicted octanol–water partition coefficient (Wildman–Crippen LogP) is 6.64. The first-order valence-electron chi connectivity index (χ1n) is 12.5. The van der Waals surface area contributed by atoms with Crippen molar-refractivity contribution < 1.29 is 19.1 Å². The third-order valence-electron chi connectivity index (χ3n) is 7.44. The summed E-state index contributed by atoms with van der Waals surface area (Å²) < 4.78 is 5.57. The number of aryl methyl sites for hydroxylation is 1. The standard InChI is InChI=1S/C30H23ClN4O4/c1-15-14-39-28-25(36)11-24-27(26(15)28)18(12-31)13-35(24)30(38)23-10-17-8-19(6-7-21(17)34-23)32-29(37)22-9-16-4-2-3-5-20(16)33-22/h2-11,14,18,33-34,36H,12-13H2,1H3,(H,32,37)/t18-/m1/s1. The molecule has 3 aromatic carbocycles. The molecule has 4 N–H and O–H groups in total. The minimum absolute atomic E-state index is 0.0168. The predicted molar refractivity (Wildman–Crippen MR) is 152 cm³/mol. The van der Waals surface area contributed by atoms with Gasteiger partial charge in [-0.1, -0.05) is 18.2 Å². The molecule has 1 atom stereocenters. The van der Waals surface area contributed by atoms with Crippen LogP contribution in [0.1, 0.15) is 38.0 Å². The van der Waals surface area contributed by atoms with E-state index in [-0.39, 0.29) is 23.5 Å². The summed E-state index contributed by atoms with van der Waals surface area (Å²) >= 11 is 6.33. The summed E-state index contributed by atoms with van der Waals surface area (Å²) in [6.07, 6.45) is 1.60. The first-order chi connectivity index (χ1) is 18.9. The average Bonchev–Trinajstić information content (AvgIpc) is 3.71. The first-order valence-corrected chi connectivity index (χ1v) is 13.1. The molecule has 7 rings (SSSR count). The van der Waals surface area contributed by atoms with E-state index in [2.05, 4.69) is 15.3 Å². The number of aromatic amines is 2. The fourth-order valence-corrected chi connectivity index (χ4v) is 5.85. The van der Waals surface area contributed by atoms with Crippen molar-refractivity contribution in [3.05, 3.63) is 89.4 Å². The number of nitrogens with one attached hydrogen (secondary N) is 3. The molecule has 8 nitrogen and oxygen atoms in total. The van der Waals surface area contributed by atoms with E-state index in [4.69, 9.17) is 16.0 Å². The number of hydrogen-bond acceptors (Lipinski definition) is 4. The van der Waals surface area contributed by atoms with E-state index in [1.165, 1.54) is 0 Å². The number of alkyl halides is 1. The number of phenols is 1. The van der Waals surface area contributed by atoms with Crippen LogP contribution in [0.25, 0.3) is 32.8 Å². The maximum absolute atomic E-state index is 13.7. The van der Waals surface area contributed by atoms with E-state index in [0.717, 1.165) is 38.3 Å². The molecule has 0 aliphatic carbocycles. The van der Waals surface area contributed by atoms with Gasteiger partial charge in [-0.3, -0.25) is 9.59 Å². The second-order valence-electron chi connectivity index (χ2n) is 9.93. The van der Waals surface area contributed by atoms with Crippen LogP contribution in [0.15, 0.2) is 71.3 Å². The Kier molecular flexibility index (Phi) is 5.21. The number of nitrogens with zero attached hydrogens (tertiary/aromatic N) is 1. The highest BCUT2D eigenvalue weighted by atomic mass is 35.5. The number of anilines is 2. The van der Waals surface area contributed by atoms with Crippen molar-refractivity contribution in [2.75, 3.05) is 22.6 Å². The molecule has 1 aliphatic heterocycles. The first kappa shape index (κ1) is 23.4. The second kappa shape index (κ2) is 8.68. The molecule has 0 fully saturated rings. The van der Waals surface area contributed by atoms with Crippen LogP contribution < -0.4 is 10.2 Å². The maximum Gasteiger partial charge on any atom is 0.274 e. The topological polar surface area (TPSA) is 114 Å². The van der Waals surface area contributed by atoms with Gasteiger partial charge in [-0.25, -0.2) is 0 Å². The molecule has 0 spiro atoms. The number of halogens is 1. The van der Waals surface area contributed by atoms with Crippen molar-refractivity contribution in [2.45, 2.75) is 12.8 Å². The van der Waals surface area contributed by atoms with Crippen molar-refractivity contribution in [1.29, 1.82) is 0 Å². The highest BCUT2D eigenvalue weighted by Gasteiger charge is 2.36. The number of phenolic OH excluding ortho intramolecular Hbond substituents is 1. The molecule has 194 valence electrons. The number of amides is 2. The number of H-pyrrole nitrogens is 2. The zero-order valence-corrected chi connectivity index (χ0v) is 21.6. The molecule has 0 unspecified atom stereocenters. The van der Waals surface area contributed by atoms with Crippen molar-refractivity contribution in [2.24, 2.45) is 0 Å². The van der Waals surface area contributed by atoms with Gasteiger partial charge in [0.2, 0.25) is 0 Å². The smallest absolute Gasteiger partial charge is 0.274 e. The van der Waals surface area contributed by atoms with Gasteiger partial charge in [0.1, 0.15) is 11.4 Å². The van der Waals surface area contributed by atoms with Crippen molar-refractivity contribution in [1.82, 2.24) is 9.97 Å². The normalized spacial score (nSPS) is 14.9. The van der Waals surface area contributed by atoms with Crippen LogP contribution in [0.4, 0.5) is 11.4 Å². The van der Waals surface area contributed by atoms with Crippen LogP contribution in [0, 0.1) is 6.92 Å². The minimum Gasteiger partial charge on any atom is -0.504 e. The number of para-hydroxylation sites is 1. The van der Waals surface area contributed by atoms with E-state index in [0.29, 0.717) is 40.8 Å². The number of carbonyl (C=O) groups is 2. The third-order valence-corrected chi connectivity index (χ3v) is 7.82. The molecule has 0 saturated heterocycles. The summed E-state index contributed by atoms with van der Waals surface area (Å²) in [5.41, 5.74) is 5.96. The summed E-state index contributed by atoms with van der Waals surface area (Å²) in [6.45, 7) is 2.30. The number of rotatable bonds is 4. The minimum atomic E-state index is -0.251. The molecule has 0 radical (unpaired) electrons. The van der Waals surface area contributed by atoms with Gasteiger partial charge >= 0.3 is 0 Å². The molecule has 4 heterocycles. The Morgan fingerprint density at radius 3 is 2.64 bits per heavy atom. The lowest BCUT2D eigenvalue weighted by molar-refractivity contribution is 0.0982. The number of aromatic hydroxyl groups is 1. The summed E-state index contributed by atoms with van der Waals surface area (Å²) in [6, 6.07) is 18.3. The van der Waals surface area contributed by atoms with Gasteiger partial charge in [0.05, 0.1) is 12.0 Å². The SMILES string of the molecule is Cc1coc2c(O)cc3c(c12)[C@H](CCl)CN3C(=O)c1cc2cc(NC(=O)c3cc4ccccc4[nH]3)ccc2[nH]1. The number of carbonyl (C=O) groups excluding carboxylic acids is 2. The molecule has 3 aromatic heterocycles. The Hall–Kier alpha value is -4.69. The van der Waals surface area contributed by atoms with E-state index in [1.54, 1.807) is 29.4 Å². The van der Waals surface area contributed by atoms with Gasteiger partial charge < -0.3 is 29.7 Å². The second-order valence-corrected chi connectivity index (χ2v) is 10.2. The van der Waals surface area contributed by atoms with Crippen LogP contribution in [0.5, 0.6) is 5.75 Å². The quantitative estimate of drug-likeness (QED) is 0.188. The Morgan fingerprint density at radius 2 is 1.82 bits per heavy atom. The van der Waals surface area contributed by atoms with Gasteiger partial charge in [-0.05, 0) is 54.4 Å². The molecule has 1 aliphatic rings. The molecule has 39 heavy (non-hydrogen) atoms. The zero-order chi connectivity index (χ0) is 26.8. The third kappa shape index (κ3) is 3.67. The molecule has 0 saturated carbocycles. The number of benzene rings is 3. The van der Waals surface area contributed by atoms with Gasteiger partial charge in [0.25, 0.3) is 11.8 Å². The fourth-order valence-electron chi connectivity index (χ4n) is 5.60.